The van der Waals surface area contributed by atoms with Gasteiger partial charge in [0.05, 0.1) is 6.61 Å². The summed E-state index contributed by atoms with van der Waals surface area (Å²) >= 11 is 0. The number of hydrogen-bond donors (Lipinski definition) is 1. The Balaban J connectivity index is 3.39. The lowest BCUT2D eigenvalue weighted by Crippen LogP contribution is -2.28. The fourth-order valence-electron chi connectivity index (χ4n) is 10.5. The van der Waals surface area contributed by atoms with E-state index in [2.05, 4.69) is 74.6 Å². The Kier molecular flexibility index (Phi) is 66.8. The van der Waals surface area contributed by atoms with Crippen molar-refractivity contribution in [2.45, 2.75) is 380 Å². The van der Waals surface area contributed by atoms with E-state index in [0.717, 1.165) is 57.8 Å². The number of rotatable bonds is 65. The molecule has 0 amide bonds. The van der Waals surface area contributed by atoms with Crippen LogP contribution in [0.3, 0.4) is 0 Å². The highest BCUT2D eigenvalue weighted by Gasteiger charge is 2.16. The first-order valence-electron chi connectivity index (χ1n) is 34.8. The van der Waals surface area contributed by atoms with Crippen molar-refractivity contribution in [1.29, 1.82) is 0 Å². The van der Waals surface area contributed by atoms with Gasteiger partial charge < -0.3 is 14.6 Å². The lowest BCUT2D eigenvalue weighted by Gasteiger charge is -2.15. The molecule has 456 valence electrons. The second-order valence-corrected chi connectivity index (χ2v) is 23.6. The van der Waals surface area contributed by atoms with Gasteiger partial charge in [0, 0.05) is 12.8 Å². The molecule has 0 bridgehead atoms. The molecule has 0 radical (unpaired) electrons. The first-order valence-corrected chi connectivity index (χ1v) is 34.8. The van der Waals surface area contributed by atoms with Crippen molar-refractivity contribution in [2.75, 3.05) is 13.2 Å². The molecule has 0 spiro atoms. The summed E-state index contributed by atoms with van der Waals surface area (Å²) in [6.07, 6.45) is 94.1. The molecule has 1 N–H and O–H groups in total. The number of aliphatic hydroxyl groups is 1. The van der Waals surface area contributed by atoms with E-state index in [9.17, 15) is 14.7 Å². The molecule has 78 heavy (non-hydrogen) atoms. The van der Waals surface area contributed by atoms with Crippen LogP contribution in [0.5, 0.6) is 0 Å². The third-order valence-electron chi connectivity index (χ3n) is 15.8. The topological polar surface area (TPSA) is 72.8 Å². The number of hydrogen-bond acceptors (Lipinski definition) is 5. The maximum Gasteiger partial charge on any atom is 0.306 e. The molecule has 0 aliphatic heterocycles. The highest BCUT2D eigenvalue weighted by molar-refractivity contribution is 5.70. The van der Waals surface area contributed by atoms with Gasteiger partial charge in [0.2, 0.25) is 0 Å². The van der Waals surface area contributed by atoms with E-state index in [1.54, 1.807) is 0 Å². The lowest BCUT2D eigenvalue weighted by molar-refractivity contribution is -0.161. The zero-order chi connectivity index (χ0) is 56.2. The molecule has 5 nitrogen and oxygen atoms in total. The van der Waals surface area contributed by atoms with Gasteiger partial charge in [-0.2, -0.15) is 0 Å². The van der Waals surface area contributed by atoms with Crippen molar-refractivity contribution in [3.8, 4) is 0 Å². The Morgan fingerprint density at radius 2 is 0.513 bits per heavy atom. The summed E-state index contributed by atoms with van der Waals surface area (Å²) < 4.78 is 10.7. The van der Waals surface area contributed by atoms with Gasteiger partial charge in [0.15, 0.2) is 6.10 Å². The number of esters is 2. The van der Waals surface area contributed by atoms with Crippen molar-refractivity contribution < 1.29 is 24.2 Å². The van der Waals surface area contributed by atoms with Crippen molar-refractivity contribution >= 4 is 11.9 Å². The Labute approximate surface area is 487 Å². The molecule has 0 heterocycles. The SMILES string of the molecule is CCCCCCC/C=C\C/C=C\C/C=C\CCCCCCCCCCC(=O)OC(CO)COC(=O)CCCCCCCCCCCCCCCCCCCCCCCCCCCCCCC/C=C\C/C=C\CCCCCCC. The molecular formula is C73H134O5. The monoisotopic (exact) mass is 1090 g/mol. The molecule has 5 heteroatoms. The van der Waals surface area contributed by atoms with Gasteiger partial charge in [-0.15, -0.1) is 0 Å². The summed E-state index contributed by atoms with van der Waals surface area (Å²) in [4.78, 5) is 24.6. The van der Waals surface area contributed by atoms with Gasteiger partial charge in [0.1, 0.15) is 6.61 Å². The minimum Gasteiger partial charge on any atom is -0.462 e. The number of aliphatic hydroxyl groups excluding tert-OH is 1. The molecule has 0 aliphatic rings. The average Bonchev–Trinajstić information content (AvgIpc) is 3.44. The fraction of sp³-hybridized carbons (Fsp3) is 0.836. The predicted molar refractivity (Wildman–Crippen MR) is 344 cm³/mol. The maximum atomic E-state index is 12.3. The quantitative estimate of drug-likeness (QED) is 0.0373. The summed E-state index contributed by atoms with van der Waals surface area (Å²) in [6.45, 7) is 4.16. The Morgan fingerprint density at radius 1 is 0.295 bits per heavy atom. The number of unbranched alkanes of at least 4 members (excludes halogenated alkanes) is 47. The van der Waals surface area contributed by atoms with Crippen molar-refractivity contribution in [3.63, 3.8) is 0 Å². The van der Waals surface area contributed by atoms with Gasteiger partial charge >= 0.3 is 11.9 Å². The van der Waals surface area contributed by atoms with Gasteiger partial charge in [0.25, 0.3) is 0 Å². The van der Waals surface area contributed by atoms with Gasteiger partial charge in [-0.1, -0.05) is 338 Å². The first-order chi connectivity index (χ1) is 38.6. The number of ether oxygens (including phenoxy) is 2. The molecule has 0 fully saturated rings. The van der Waals surface area contributed by atoms with E-state index in [-0.39, 0.29) is 25.2 Å². The molecule has 0 aromatic carbocycles. The fourth-order valence-corrected chi connectivity index (χ4v) is 10.5. The number of carbonyl (C=O) groups is 2. The standard InChI is InChI=1S/C73H134O5/c1-3-5-7-9-11-13-15-17-19-21-23-25-27-28-29-30-31-32-33-34-35-36-37-38-39-40-41-42-43-44-46-47-49-51-53-55-57-59-61-63-65-67-72(75)77-70-71(69-74)78-73(76)68-66-64-62-60-58-56-54-52-50-48-45-26-24-22-20-18-16-14-12-10-8-6-4-2/h15-18,21-24,45,48,71,74H,3-14,19-20,25-44,46-47,49-70H2,1-2H3/b17-15-,18-16-,23-21-,24-22-,48-45-. The van der Waals surface area contributed by atoms with Crippen molar-refractivity contribution in [1.82, 2.24) is 0 Å². The third kappa shape index (κ3) is 66.1. The van der Waals surface area contributed by atoms with E-state index >= 15 is 0 Å². The Morgan fingerprint density at radius 3 is 0.769 bits per heavy atom. The summed E-state index contributed by atoms with van der Waals surface area (Å²) in [5.74, 6) is -0.582. The van der Waals surface area contributed by atoms with Gasteiger partial charge in [-0.25, -0.2) is 0 Å². The van der Waals surface area contributed by atoms with Crippen LogP contribution in [0.15, 0.2) is 60.8 Å². The molecular weight excluding hydrogens is 957 g/mol. The highest BCUT2D eigenvalue weighted by atomic mass is 16.6. The lowest BCUT2D eigenvalue weighted by atomic mass is 10.0. The Bertz CT molecular complexity index is 1330. The second-order valence-electron chi connectivity index (χ2n) is 23.6. The molecule has 1 atom stereocenters. The Hall–Kier alpha value is -2.40. The summed E-state index contributed by atoms with van der Waals surface area (Å²) in [5.41, 5.74) is 0. The first kappa shape index (κ1) is 75.6. The zero-order valence-electron chi connectivity index (χ0n) is 52.4. The highest BCUT2D eigenvalue weighted by Crippen LogP contribution is 2.18. The van der Waals surface area contributed by atoms with Crippen molar-refractivity contribution in [2.24, 2.45) is 0 Å². The largest absolute Gasteiger partial charge is 0.462 e. The van der Waals surface area contributed by atoms with Crippen LogP contribution in [-0.4, -0.2) is 36.4 Å². The average molecular weight is 1090 g/mol. The minimum absolute atomic E-state index is 0.0661. The van der Waals surface area contributed by atoms with Crippen LogP contribution < -0.4 is 0 Å². The third-order valence-corrected chi connectivity index (χ3v) is 15.8. The smallest absolute Gasteiger partial charge is 0.306 e. The van der Waals surface area contributed by atoms with Crippen LogP contribution in [0.1, 0.15) is 373 Å². The number of allylic oxidation sites excluding steroid dienone is 10. The molecule has 1 unspecified atom stereocenters. The molecule has 0 aliphatic carbocycles. The van der Waals surface area contributed by atoms with Gasteiger partial charge in [-0.05, 0) is 83.5 Å². The number of carbonyl (C=O) groups excluding carboxylic acids is 2. The van der Waals surface area contributed by atoms with Crippen LogP contribution in [0.25, 0.3) is 0 Å². The zero-order valence-corrected chi connectivity index (χ0v) is 52.4. The molecule has 0 saturated carbocycles. The minimum atomic E-state index is -0.777. The van der Waals surface area contributed by atoms with E-state index in [1.165, 1.54) is 289 Å². The molecule has 0 rings (SSSR count). The summed E-state index contributed by atoms with van der Waals surface area (Å²) in [5, 5.41) is 9.68. The van der Waals surface area contributed by atoms with Crippen LogP contribution in [0.2, 0.25) is 0 Å². The van der Waals surface area contributed by atoms with Gasteiger partial charge in [-0.3, -0.25) is 9.59 Å². The molecule has 0 saturated heterocycles. The predicted octanol–water partition coefficient (Wildman–Crippen LogP) is 24.1. The van der Waals surface area contributed by atoms with E-state index in [1.807, 2.05) is 0 Å². The van der Waals surface area contributed by atoms with E-state index < -0.39 is 6.10 Å². The van der Waals surface area contributed by atoms with Crippen molar-refractivity contribution in [3.05, 3.63) is 60.8 Å². The summed E-state index contributed by atoms with van der Waals surface area (Å²) in [6, 6.07) is 0. The van der Waals surface area contributed by atoms with Crippen LogP contribution in [0, 0.1) is 0 Å². The van der Waals surface area contributed by atoms with Crippen LogP contribution in [0.4, 0.5) is 0 Å². The maximum absolute atomic E-state index is 12.3. The summed E-state index contributed by atoms with van der Waals surface area (Å²) in [7, 11) is 0. The molecule has 0 aromatic rings. The van der Waals surface area contributed by atoms with Crippen LogP contribution >= 0.6 is 0 Å². The van der Waals surface area contributed by atoms with E-state index in [0.29, 0.717) is 12.8 Å². The second kappa shape index (κ2) is 68.9. The molecule has 0 aromatic heterocycles. The normalized spacial score (nSPS) is 12.5. The van der Waals surface area contributed by atoms with E-state index in [4.69, 9.17) is 9.47 Å². The van der Waals surface area contributed by atoms with Crippen LogP contribution in [-0.2, 0) is 19.1 Å².